The van der Waals surface area contributed by atoms with Gasteiger partial charge in [-0.2, -0.15) is 0 Å². The Kier molecular flexibility index (Phi) is 12.2. The summed E-state index contributed by atoms with van der Waals surface area (Å²) in [5.41, 5.74) is 12.6. The predicted molar refractivity (Wildman–Crippen MR) is 257 cm³/mol. The Bertz CT molecular complexity index is 2680. The molecule has 3 heterocycles. The van der Waals surface area contributed by atoms with Crippen molar-refractivity contribution in [3.63, 3.8) is 0 Å². The van der Waals surface area contributed by atoms with Crippen LogP contribution in [0.15, 0.2) is 218 Å². The van der Waals surface area contributed by atoms with Crippen molar-refractivity contribution in [2.24, 2.45) is 0 Å². The molecule has 302 valence electrons. The van der Waals surface area contributed by atoms with Crippen LogP contribution >= 0.6 is 0 Å². The van der Waals surface area contributed by atoms with Crippen LogP contribution in [0, 0.1) is 0 Å². The number of hydrogen-bond acceptors (Lipinski definition) is 4. The van der Waals surface area contributed by atoms with Gasteiger partial charge in [0.15, 0.2) is 0 Å². The maximum atomic E-state index is 4.78. The highest BCUT2D eigenvalue weighted by Crippen LogP contribution is 2.41. The van der Waals surface area contributed by atoms with Gasteiger partial charge in [0.2, 0.25) is 0 Å². The molecule has 5 heteroatoms. The Balaban J connectivity index is 0.00000253. The van der Waals surface area contributed by atoms with Crippen LogP contribution in [0.4, 0.5) is 28.7 Å². The molecule has 61 heavy (non-hydrogen) atoms. The summed E-state index contributed by atoms with van der Waals surface area (Å²) in [6.45, 7) is 10.9. The van der Waals surface area contributed by atoms with E-state index in [0.717, 1.165) is 40.8 Å². The summed E-state index contributed by atoms with van der Waals surface area (Å²) < 4.78 is 2.52. The summed E-state index contributed by atoms with van der Waals surface area (Å²) in [7, 11) is 0. The smallest absolute Gasteiger partial charge is 0.137 e. The van der Waals surface area contributed by atoms with Gasteiger partial charge >= 0.3 is 0 Å². The summed E-state index contributed by atoms with van der Waals surface area (Å²) in [5.74, 6) is 1.98. The van der Waals surface area contributed by atoms with Gasteiger partial charge < -0.3 is 4.57 Å². The van der Waals surface area contributed by atoms with Crippen LogP contribution in [-0.2, 0) is 5.54 Å². The molecule has 0 fully saturated rings. The van der Waals surface area contributed by atoms with E-state index in [-0.39, 0.29) is 11.5 Å². The number of anilines is 5. The number of benzene rings is 5. The van der Waals surface area contributed by atoms with E-state index in [0.29, 0.717) is 0 Å². The number of nitrogens with zero attached hydrogens (tertiary/aromatic N) is 5. The molecule has 5 nitrogen and oxygen atoms in total. The van der Waals surface area contributed by atoms with E-state index in [9.17, 15) is 0 Å². The van der Waals surface area contributed by atoms with Gasteiger partial charge in [0.1, 0.15) is 11.6 Å². The number of pyridine rings is 2. The van der Waals surface area contributed by atoms with Gasteiger partial charge in [-0.15, -0.1) is 0 Å². The molecule has 1 atom stereocenters. The number of aromatic nitrogens is 3. The average Bonchev–Trinajstić information content (AvgIpc) is 3.79. The third kappa shape index (κ3) is 8.88. The monoisotopic (exact) mass is 795 g/mol. The summed E-state index contributed by atoms with van der Waals surface area (Å²) in [5, 5.41) is 0. The molecule has 0 aliphatic heterocycles. The van der Waals surface area contributed by atoms with E-state index >= 15 is 0 Å². The SMILES string of the molecule is CC.CC(C)(C)n1c(-c2ccc(N(c3ccc(-c4ccccc4)cc3)c3ccccn3)cc2)ccc1C1C=CC(N(c2ccc(-c3ccccc3)cc2)c2ccccn2)=CC1. The second kappa shape index (κ2) is 18.4. The fraction of sp³-hybridized carbons (Fsp3) is 0.143. The van der Waals surface area contributed by atoms with Gasteiger partial charge in [-0.05, 0) is 134 Å². The highest BCUT2D eigenvalue weighted by molar-refractivity contribution is 5.78. The van der Waals surface area contributed by atoms with Crippen LogP contribution in [-0.4, -0.2) is 14.5 Å². The van der Waals surface area contributed by atoms with Crippen LogP contribution in [0.25, 0.3) is 33.5 Å². The normalized spacial score (nSPS) is 13.5. The molecule has 1 aliphatic rings. The Morgan fingerprint density at radius 1 is 0.475 bits per heavy atom. The highest BCUT2D eigenvalue weighted by Gasteiger charge is 2.27. The van der Waals surface area contributed by atoms with Crippen molar-refractivity contribution in [3.8, 4) is 33.5 Å². The van der Waals surface area contributed by atoms with Crippen LogP contribution in [0.5, 0.6) is 0 Å². The molecule has 8 aromatic rings. The summed E-state index contributed by atoms with van der Waals surface area (Å²) in [4.78, 5) is 14.0. The number of hydrogen-bond donors (Lipinski definition) is 0. The minimum Gasteiger partial charge on any atom is -0.339 e. The lowest BCUT2D eigenvalue weighted by atomic mass is 9.94. The van der Waals surface area contributed by atoms with Crippen LogP contribution in [0.1, 0.15) is 52.7 Å². The highest BCUT2D eigenvalue weighted by atomic mass is 15.2. The lowest BCUT2D eigenvalue weighted by Crippen LogP contribution is -2.26. The molecular formula is C56H53N5. The van der Waals surface area contributed by atoms with Crippen molar-refractivity contribution in [1.29, 1.82) is 0 Å². The largest absolute Gasteiger partial charge is 0.339 e. The van der Waals surface area contributed by atoms with Crippen LogP contribution in [0.3, 0.4) is 0 Å². The Morgan fingerprint density at radius 3 is 1.36 bits per heavy atom. The Hall–Kier alpha value is -7.24. The molecule has 0 N–H and O–H groups in total. The zero-order chi connectivity index (χ0) is 42.2. The standard InChI is InChI=1S/C54H47N5.C2H6/c1-54(2,3)59-50(44-24-32-48(33-25-44)57(52-18-10-12-38-55-52)46-28-20-42(21-29-46)40-14-6-4-7-15-40)36-37-51(59)45-26-34-49(35-27-45)58(53-19-11-13-39-56-53)47-30-22-43(23-31-47)41-16-8-5-9-17-41;1-2/h4-26,28-39,45H,27H2,1-3H3;1-2H3. The molecule has 0 bridgehead atoms. The van der Waals surface area contributed by atoms with Crippen LogP contribution < -0.4 is 9.80 Å². The van der Waals surface area contributed by atoms with Gasteiger partial charge in [0.05, 0.1) is 0 Å². The second-order valence-corrected chi connectivity index (χ2v) is 15.9. The quantitative estimate of drug-likeness (QED) is 0.138. The number of rotatable bonds is 10. The molecular weight excluding hydrogens is 743 g/mol. The van der Waals surface area contributed by atoms with Gasteiger partial charge in [0.25, 0.3) is 0 Å². The zero-order valence-electron chi connectivity index (χ0n) is 35.7. The van der Waals surface area contributed by atoms with E-state index in [1.54, 1.807) is 0 Å². The summed E-state index contributed by atoms with van der Waals surface area (Å²) in [6.07, 6.45) is 11.6. The number of allylic oxidation sites excluding steroid dienone is 3. The summed E-state index contributed by atoms with van der Waals surface area (Å²) >= 11 is 0. The lowest BCUT2D eigenvalue weighted by Gasteiger charge is -2.32. The molecule has 0 amide bonds. The minimum atomic E-state index is -0.147. The third-order valence-electron chi connectivity index (χ3n) is 10.9. The topological polar surface area (TPSA) is 37.2 Å². The third-order valence-corrected chi connectivity index (χ3v) is 10.9. The first-order valence-corrected chi connectivity index (χ1v) is 21.3. The Labute approximate surface area is 361 Å². The first-order chi connectivity index (χ1) is 29.9. The maximum absolute atomic E-state index is 4.78. The predicted octanol–water partition coefficient (Wildman–Crippen LogP) is 15.3. The maximum Gasteiger partial charge on any atom is 0.137 e. The first-order valence-electron chi connectivity index (χ1n) is 21.3. The van der Waals surface area contributed by atoms with E-state index in [2.05, 4.69) is 211 Å². The van der Waals surface area contributed by atoms with Gasteiger partial charge in [-0.1, -0.05) is 135 Å². The van der Waals surface area contributed by atoms with E-state index in [1.165, 1.54) is 39.2 Å². The lowest BCUT2D eigenvalue weighted by molar-refractivity contribution is 0.386. The molecule has 0 radical (unpaired) electrons. The van der Waals surface area contributed by atoms with Gasteiger partial charge in [-0.25, -0.2) is 9.97 Å². The molecule has 5 aromatic carbocycles. The molecule has 1 unspecified atom stereocenters. The fourth-order valence-electron chi connectivity index (χ4n) is 8.16. The van der Waals surface area contributed by atoms with Crippen molar-refractivity contribution < 1.29 is 0 Å². The van der Waals surface area contributed by atoms with Gasteiger partial charge in [0, 0.05) is 58.0 Å². The van der Waals surface area contributed by atoms with E-state index in [4.69, 9.17) is 9.97 Å². The summed E-state index contributed by atoms with van der Waals surface area (Å²) in [6, 6.07) is 64.2. The van der Waals surface area contributed by atoms with Crippen molar-refractivity contribution in [1.82, 2.24) is 14.5 Å². The molecule has 9 rings (SSSR count). The fourth-order valence-corrected chi connectivity index (χ4v) is 8.16. The molecule has 1 aliphatic carbocycles. The van der Waals surface area contributed by atoms with Crippen molar-refractivity contribution in [2.75, 3.05) is 9.80 Å². The average molecular weight is 796 g/mol. The molecule has 0 saturated carbocycles. The second-order valence-electron chi connectivity index (χ2n) is 15.9. The Morgan fingerprint density at radius 2 is 0.918 bits per heavy atom. The molecule has 0 saturated heterocycles. The first kappa shape index (κ1) is 40.5. The van der Waals surface area contributed by atoms with Crippen LogP contribution in [0.2, 0.25) is 0 Å². The van der Waals surface area contributed by atoms with E-state index in [1.807, 2.05) is 50.5 Å². The van der Waals surface area contributed by atoms with Crippen molar-refractivity contribution in [3.05, 3.63) is 224 Å². The minimum absolute atomic E-state index is 0.147. The van der Waals surface area contributed by atoms with Gasteiger partial charge in [-0.3, -0.25) is 9.80 Å². The van der Waals surface area contributed by atoms with Crippen molar-refractivity contribution in [2.45, 2.75) is 52.5 Å². The zero-order valence-corrected chi connectivity index (χ0v) is 35.7. The molecule has 3 aromatic heterocycles. The molecule has 0 spiro atoms. The van der Waals surface area contributed by atoms with Crippen molar-refractivity contribution >= 4 is 28.7 Å². The van der Waals surface area contributed by atoms with E-state index < -0.39 is 0 Å².